The fourth-order valence-corrected chi connectivity index (χ4v) is 2.63. The first-order valence-corrected chi connectivity index (χ1v) is 6.99. The van der Waals surface area contributed by atoms with Crippen LogP contribution in [-0.4, -0.2) is 31.7 Å². The molecule has 0 radical (unpaired) electrons. The highest BCUT2D eigenvalue weighted by Gasteiger charge is 2.38. The predicted molar refractivity (Wildman–Crippen MR) is 70.4 cm³/mol. The van der Waals surface area contributed by atoms with Crippen LogP contribution >= 0.6 is 0 Å². The molecule has 1 aromatic heterocycles. The fraction of sp³-hybridized carbons (Fsp3) is 0.786. The van der Waals surface area contributed by atoms with E-state index in [0.717, 1.165) is 25.0 Å². The number of nitrogens with zero attached hydrogens (tertiary/aromatic N) is 2. The molecule has 4 nitrogen and oxygen atoms in total. The number of aromatic nitrogens is 2. The molecular weight excluding hydrogens is 228 g/mol. The molecule has 0 aromatic carbocycles. The van der Waals surface area contributed by atoms with Crippen LogP contribution in [0.25, 0.3) is 0 Å². The second-order valence-electron chi connectivity index (χ2n) is 5.57. The van der Waals surface area contributed by atoms with E-state index in [1.807, 2.05) is 16.9 Å². The number of rotatable bonds is 5. The average Bonchev–Trinajstić information content (AvgIpc) is 2.98. The average molecular weight is 252 g/mol. The van der Waals surface area contributed by atoms with E-state index in [1.165, 1.54) is 0 Å². The summed E-state index contributed by atoms with van der Waals surface area (Å²) in [5.41, 5.74) is -0.0247. The van der Waals surface area contributed by atoms with E-state index >= 15 is 0 Å². The molecule has 0 aliphatic heterocycles. The van der Waals surface area contributed by atoms with Gasteiger partial charge in [-0.2, -0.15) is 5.10 Å². The van der Waals surface area contributed by atoms with Gasteiger partial charge >= 0.3 is 0 Å². The maximum atomic E-state index is 10.3. The zero-order valence-corrected chi connectivity index (χ0v) is 11.3. The summed E-state index contributed by atoms with van der Waals surface area (Å²) in [6.07, 6.45) is 6.17. The van der Waals surface area contributed by atoms with Crippen LogP contribution in [0.5, 0.6) is 0 Å². The fourth-order valence-electron chi connectivity index (χ4n) is 2.63. The number of hydrogen-bond acceptors (Lipinski definition) is 3. The van der Waals surface area contributed by atoms with Gasteiger partial charge in [0.1, 0.15) is 0 Å². The third-order valence-corrected chi connectivity index (χ3v) is 4.20. The molecule has 2 unspecified atom stereocenters. The predicted octanol–water partition coefficient (Wildman–Crippen LogP) is 2.06. The molecule has 1 aliphatic carbocycles. The number of aliphatic hydroxyl groups is 2. The van der Waals surface area contributed by atoms with Crippen LogP contribution in [0.15, 0.2) is 12.3 Å². The Morgan fingerprint density at radius 3 is 2.72 bits per heavy atom. The first-order valence-electron chi connectivity index (χ1n) is 6.99. The molecule has 1 saturated carbocycles. The molecule has 4 heteroatoms. The Labute approximate surface area is 109 Å². The summed E-state index contributed by atoms with van der Waals surface area (Å²) in [5, 5.41) is 24.9. The van der Waals surface area contributed by atoms with Crippen molar-refractivity contribution in [3.63, 3.8) is 0 Å². The topological polar surface area (TPSA) is 58.3 Å². The lowest BCUT2D eigenvalue weighted by molar-refractivity contribution is -0.0693. The van der Waals surface area contributed by atoms with E-state index < -0.39 is 11.7 Å². The first-order chi connectivity index (χ1) is 8.55. The van der Waals surface area contributed by atoms with Gasteiger partial charge in [-0.25, -0.2) is 0 Å². The molecule has 0 saturated heterocycles. The molecule has 1 aliphatic rings. The zero-order valence-electron chi connectivity index (χ0n) is 11.3. The van der Waals surface area contributed by atoms with Crippen LogP contribution in [0.2, 0.25) is 0 Å². The molecule has 2 N–H and O–H groups in total. The minimum atomic E-state index is -0.889. The number of hydrogen-bond donors (Lipinski definition) is 2. The van der Waals surface area contributed by atoms with Gasteiger partial charge in [0.05, 0.1) is 17.4 Å². The third-order valence-electron chi connectivity index (χ3n) is 4.20. The maximum absolute atomic E-state index is 10.3. The Bertz CT molecular complexity index is 383. The van der Waals surface area contributed by atoms with E-state index in [1.54, 1.807) is 0 Å². The van der Waals surface area contributed by atoms with Crippen LogP contribution in [0.3, 0.4) is 0 Å². The molecule has 0 bridgehead atoms. The van der Waals surface area contributed by atoms with Gasteiger partial charge in [0.15, 0.2) is 0 Å². The zero-order chi connectivity index (χ0) is 13.2. The van der Waals surface area contributed by atoms with Crippen molar-refractivity contribution in [1.82, 2.24) is 9.78 Å². The van der Waals surface area contributed by atoms with E-state index in [9.17, 15) is 10.2 Å². The van der Waals surface area contributed by atoms with Crippen molar-refractivity contribution in [3.05, 3.63) is 18.0 Å². The molecule has 0 spiro atoms. The summed E-state index contributed by atoms with van der Waals surface area (Å²) >= 11 is 0. The van der Waals surface area contributed by atoms with Crippen molar-refractivity contribution < 1.29 is 10.2 Å². The lowest BCUT2D eigenvalue weighted by Crippen LogP contribution is -2.41. The van der Waals surface area contributed by atoms with Gasteiger partial charge in [-0.3, -0.25) is 4.68 Å². The Kier molecular flexibility index (Phi) is 4.07. The lowest BCUT2D eigenvalue weighted by atomic mass is 9.92. The third kappa shape index (κ3) is 2.75. The molecule has 0 amide bonds. The molecule has 2 atom stereocenters. The molecule has 1 aromatic rings. The summed E-state index contributed by atoms with van der Waals surface area (Å²) in [4.78, 5) is 0. The van der Waals surface area contributed by atoms with Crippen molar-refractivity contribution in [2.75, 3.05) is 0 Å². The molecular formula is C14H24N2O2. The maximum Gasteiger partial charge on any atom is 0.0909 e. The van der Waals surface area contributed by atoms with Crippen LogP contribution in [0.1, 0.15) is 57.7 Å². The lowest BCUT2D eigenvalue weighted by Gasteiger charge is -2.27. The van der Waals surface area contributed by atoms with Crippen molar-refractivity contribution in [2.24, 2.45) is 0 Å². The Hall–Kier alpha value is -0.870. The van der Waals surface area contributed by atoms with Gasteiger partial charge in [-0.05, 0) is 32.3 Å². The SMILES string of the molecule is CCC(C)n1ccc(CC(O)C2(O)CCCC2)n1. The smallest absolute Gasteiger partial charge is 0.0909 e. The van der Waals surface area contributed by atoms with Crippen LogP contribution < -0.4 is 0 Å². The highest BCUT2D eigenvalue weighted by atomic mass is 16.3. The van der Waals surface area contributed by atoms with E-state index in [4.69, 9.17) is 0 Å². The van der Waals surface area contributed by atoms with Gasteiger partial charge in [-0.1, -0.05) is 19.8 Å². The summed E-state index contributed by atoms with van der Waals surface area (Å²) < 4.78 is 1.93. The summed E-state index contributed by atoms with van der Waals surface area (Å²) in [7, 11) is 0. The van der Waals surface area contributed by atoms with Crippen LogP contribution in [0, 0.1) is 0 Å². The van der Waals surface area contributed by atoms with Crippen LogP contribution in [-0.2, 0) is 6.42 Å². The summed E-state index contributed by atoms with van der Waals surface area (Å²) in [6.45, 7) is 4.25. The Morgan fingerprint density at radius 2 is 2.11 bits per heavy atom. The van der Waals surface area contributed by atoms with Gasteiger partial charge in [-0.15, -0.1) is 0 Å². The van der Waals surface area contributed by atoms with Gasteiger partial charge in [0, 0.05) is 18.7 Å². The molecule has 1 fully saturated rings. The normalized spacial score (nSPS) is 22.0. The van der Waals surface area contributed by atoms with E-state index in [2.05, 4.69) is 18.9 Å². The van der Waals surface area contributed by atoms with Crippen molar-refractivity contribution >= 4 is 0 Å². The molecule has 102 valence electrons. The summed E-state index contributed by atoms with van der Waals surface area (Å²) in [5.74, 6) is 0. The van der Waals surface area contributed by atoms with Gasteiger partial charge in [0.25, 0.3) is 0 Å². The second-order valence-corrected chi connectivity index (χ2v) is 5.57. The minimum Gasteiger partial charge on any atom is -0.390 e. The highest BCUT2D eigenvalue weighted by Crippen LogP contribution is 2.33. The largest absolute Gasteiger partial charge is 0.390 e. The van der Waals surface area contributed by atoms with Crippen molar-refractivity contribution in [1.29, 1.82) is 0 Å². The standard InChI is InChI=1S/C14H24N2O2/c1-3-11(2)16-9-6-12(15-16)10-13(17)14(18)7-4-5-8-14/h6,9,11,13,17-18H,3-5,7-8,10H2,1-2H3. The van der Waals surface area contributed by atoms with Crippen molar-refractivity contribution in [2.45, 2.75) is 70.1 Å². The van der Waals surface area contributed by atoms with Gasteiger partial charge < -0.3 is 10.2 Å². The van der Waals surface area contributed by atoms with E-state index in [0.29, 0.717) is 25.3 Å². The molecule has 18 heavy (non-hydrogen) atoms. The Balaban J connectivity index is 1.98. The highest BCUT2D eigenvalue weighted by molar-refractivity contribution is 5.05. The Morgan fingerprint density at radius 1 is 1.44 bits per heavy atom. The van der Waals surface area contributed by atoms with Crippen molar-refractivity contribution in [3.8, 4) is 0 Å². The minimum absolute atomic E-state index is 0.380. The molecule has 1 heterocycles. The molecule has 2 rings (SSSR count). The second kappa shape index (κ2) is 5.41. The summed E-state index contributed by atoms with van der Waals surface area (Å²) in [6, 6.07) is 2.32. The number of aliphatic hydroxyl groups excluding tert-OH is 1. The van der Waals surface area contributed by atoms with Crippen LogP contribution in [0.4, 0.5) is 0 Å². The first kappa shape index (κ1) is 13.6. The van der Waals surface area contributed by atoms with Gasteiger partial charge in [0.2, 0.25) is 0 Å². The van der Waals surface area contributed by atoms with E-state index in [-0.39, 0.29) is 0 Å². The quantitative estimate of drug-likeness (QED) is 0.843. The monoisotopic (exact) mass is 252 g/mol.